The average molecular weight is 412 g/mol. The Labute approximate surface area is 176 Å². The van der Waals surface area contributed by atoms with Gasteiger partial charge in [0.2, 0.25) is 5.91 Å². The van der Waals surface area contributed by atoms with E-state index in [9.17, 15) is 19.5 Å². The monoisotopic (exact) mass is 412 g/mol. The molecular weight excluding hydrogens is 384 g/mol. The molecule has 7 nitrogen and oxygen atoms in total. The maximum absolute atomic E-state index is 13.0. The van der Waals surface area contributed by atoms with E-state index < -0.39 is 35.5 Å². The molecule has 0 fully saturated rings. The average Bonchev–Trinajstić information content (AvgIpc) is 2.66. The summed E-state index contributed by atoms with van der Waals surface area (Å²) in [6.45, 7) is 6.87. The Morgan fingerprint density at radius 3 is 1.97 bits per heavy atom. The first-order chi connectivity index (χ1) is 14.1. The molecule has 0 aliphatic heterocycles. The summed E-state index contributed by atoms with van der Waals surface area (Å²) in [6, 6.07) is 16.3. The van der Waals surface area contributed by atoms with Crippen LogP contribution in [0.2, 0.25) is 0 Å². The van der Waals surface area contributed by atoms with Gasteiger partial charge in [0, 0.05) is 0 Å². The number of carboxylic acids is 1. The second kappa shape index (κ2) is 9.91. The first kappa shape index (κ1) is 22.9. The second-order valence-electron chi connectivity index (χ2n) is 7.96. The third-order valence-electron chi connectivity index (χ3n) is 4.72. The van der Waals surface area contributed by atoms with E-state index in [2.05, 4.69) is 10.6 Å². The molecule has 0 aliphatic rings. The Bertz CT molecular complexity index is 866. The lowest BCUT2D eigenvalue weighted by Crippen LogP contribution is -2.58. The van der Waals surface area contributed by atoms with E-state index in [0.717, 1.165) is 0 Å². The largest absolute Gasteiger partial charge is 0.481 e. The van der Waals surface area contributed by atoms with E-state index in [1.807, 2.05) is 0 Å². The molecule has 0 saturated carbocycles. The Balaban J connectivity index is 2.14. The molecular formula is C23H28N2O5. The van der Waals surface area contributed by atoms with Crippen LogP contribution in [0.1, 0.15) is 39.2 Å². The minimum atomic E-state index is -1.11. The van der Waals surface area contributed by atoms with Gasteiger partial charge < -0.3 is 20.5 Å². The lowest BCUT2D eigenvalue weighted by atomic mass is 9.81. The van der Waals surface area contributed by atoms with Crippen molar-refractivity contribution >= 4 is 18.0 Å². The summed E-state index contributed by atoms with van der Waals surface area (Å²) < 4.78 is 5.21. The number of carboxylic acid groups (broad SMARTS) is 1. The predicted molar refractivity (Wildman–Crippen MR) is 113 cm³/mol. The molecule has 160 valence electrons. The van der Waals surface area contributed by atoms with Gasteiger partial charge in [-0.05, 0) is 37.5 Å². The SMILES string of the molecule is CC(C)[C@H](NC(=O)Oc1ccccc1)C(=O)NC(C)(C)C(C(=O)O)c1ccccc1. The fraction of sp³-hybridized carbons (Fsp3) is 0.348. The number of rotatable bonds is 8. The molecule has 7 heteroatoms. The summed E-state index contributed by atoms with van der Waals surface area (Å²) in [4.78, 5) is 37.2. The highest BCUT2D eigenvalue weighted by atomic mass is 16.6. The molecule has 30 heavy (non-hydrogen) atoms. The van der Waals surface area contributed by atoms with Crippen molar-refractivity contribution < 1.29 is 24.2 Å². The zero-order chi connectivity index (χ0) is 22.3. The minimum absolute atomic E-state index is 0.246. The molecule has 2 atom stereocenters. The number of carbonyl (C=O) groups excluding carboxylic acids is 2. The van der Waals surface area contributed by atoms with E-state index in [1.165, 1.54) is 0 Å². The van der Waals surface area contributed by atoms with Gasteiger partial charge in [-0.25, -0.2) is 4.79 Å². The van der Waals surface area contributed by atoms with Crippen LogP contribution in [0, 0.1) is 5.92 Å². The Hall–Kier alpha value is -3.35. The van der Waals surface area contributed by atoms with Gasteiger partial charge in [-0.1, -0.05) is 62.4 Å². The van der Waals surface area contributed by atoms with E-state index in [1.54, 1.807) is 88.4 Å². The van der Waals surface area contributed by atoms with Crippen LogP contribution in [0.3, 0.4) is 0 Å². The van der Waals surface area contributed by atoms with Crippen molar-refractivity contribution in [1.29, 1.82) is 0 Å². The molecule has 2 amide bonds. The van der Waals surface area contributed by atoms with Crippen molar-refractivity contribution in [1.82, 2.24) is 10.6 Å². The summed E-state index contributed by atoms with van der Waals surface area (Å²) in [6.07, 6.45) is -0.759. The molecule has 0 spiro atoms. The maximum atomic E-state index is 13.0. The number of para-hydroxylation sites is 1. The third-order valence-corrected chi connectivity index (χ3v) is 4.72. The topological polar surface area (TPSA) is 105 Å². The van der Waals surface area contributed by atoms with E-state index in [4.69, 9.17) is 4.74 Å². The van der Waals surface area contributed by atoms with Crippen molar-refractivity contribution in [3.63, 3.8) is 0 Å². The number of nitrogens with one attached hydrogen (secondary N) is 2. The van der Waals surface area contributed by atoms with Gasteiger partial charge >= 0.3 is 12.1 Å². The molecule has 1 unspecified atom stereocenters. The van der Waals surface area contributed by atoms with Crippen molar-refractivity contribution in [2.24, 2.45) is 5.92 Å². The molecule has 2 aromatic carbocycles. The highest BCUT2D eigenvalue weighted by molar-refractivity contribution is 5.88. The quantitative estimate of drug-likeness (QED) is 0.615. The van der Waals surface area contributed by atoms with Crippen LogP contribution in [0.5, 0.6) is 5.75 Å². The standard InChI is InChI=1S/C23H28N2O5/c1-15(2)19(24-22(29)30-17-13-9-6-10-14-17)20(26)25-23(3,4)18(21(27)28)16-11-7-5-8-12-16/h5-15,18-19H,1-4H3,(H,24,29)(H,25,26)(H,27,28)/t18?,19-/m0/s1. The predicted octanol–water partition coefficient (Wildman–Crippen LogP) is 3.56. The molecule has 2 aromatic rings. The Kier molecular flexibility index (Phi) is 7.58. The van der Waals surface area contributed by atoms with Gasteiger partial charge in [0.05, 0.1) is 5.54 Å². The van der Waals surface area contributed by atoms with Gasteiger partial charge in [0.25, 0.3) is 0 Å². The van der Waals surface area contributed by atoms with E-state index in [0.29, 0.717) is 11.3 Å². The molecule has 0 radical (unpaired) electrons. The van der Waals surface area contributed by atoms with Crippen LogP contribution in [0.25, 0.3) is 0 Å². The van der Waals surface area contributed by atoms with Gasteiger partial charge in [0.1, 0.15) is 17.7 Å². The Morgan fingerprint density at radius 2 is 1.47 bits per heavy atom. The smallest absolute Gasteiger partial charge is 0.413 e. The first-order valence-corrected chi connectivity index (χ1v) is 9.75. The van der Waals surface area contributed by atoms with Crippen molar-refractivity contribution in [2.75, 3.05) is 0 Å². The zero-order valence-corrected chi connectivity index (χ0v) is 17.6. The van der Waals surface area contributed by atoms with Crippen LogP contribution in [0.4, 0.5) is 4.79 Å². The molecule has 2 rings (SSSR count). The summed E-state index contributed by atoms with van der Waals surface area (Å²) in [5, 5.41) is 15.2. The highest BCUT2D eigenvalue weighted by Gasteiger charge is 2.39. The first-order valence-electron chi connectivity index (χ1n) is 9.75. The van der Waals surface area contributed by atoms with E-state index in [-0.39, 0.29) is 5.92 Å². The van der Waals surface area contributed by atoms with Crippen LogP contribution in [0.15, 0.2) is 60.7 Å². The van der Waals surface area contributed by atoms with Gasteiger partial charge in [-0.15, -0.1) is 0 Å². The zero-order valence-electron chi connectivity index (χ0n) is 17.6. The van der Waals surface area contributed by atoms with Crippen LogP contribution >= 0.6 is 0 Å². The summed E-state index contributed by atoms with van der Waals surface area (Å²) >= 11 is 0. The number of benzene rings is 2. The number of hydrogen-bond donors (Lipinski definition) is 3. The fourth-order valence-corrected chi connectivity index (χ4v) is 3.27. The van der Waals surface area contributed by atoms with E-state index >= 15 is 0 Å². The fourth-order valence-electron chi connectivity index (χ4n) is 3.27. The van der Waals surface area contributed by atoms with Crippen molar-refractivity contribution in [3.8, 4) is 5.75 Å². The van der Waals surface area contributed by atoms with Gasteiger partial charge in [-0.3, -0.25) is 9.59 Å². The second-order valence-corrected chi connectivity index (χ2v) is 7.96. The number of ether oxygens (including phenoxy) is 1. The highest BCUT2D eigenvalue weighted by Crippen LogP contribution is 2.28. The number of hydrogen-bond acceptors (Lipinski definition) is 4. The maximum Gasteiger partial charge on any atom is 0.413 e. The number of carbonyl (C=O) groups is 3. The molecule has 0 aromatic heterocycles. The Morgan fingerprint density at radius 1 is 0.933 bits per heavy atom. The lowest BCUT2D eigenvalue weighted by Gasteiger charge is -2.35. The molecule has 0 saturated heterocycles. The lowest BCUT2D eigenvalue weighted by molar-refractivity contribution is -0.141. The summed E-state index contributed by atoms with van der Waals surface area (Å²) in [5.41, 5.74) is -0.532. The van der Waals surface area contributed by atoms with Crippen molar-refractivity contribution in [2.45, 2.75) is 45.2 Å². The molecule has 0 aliphatic carbocycles. The van der Waals surface area contributed by atoms with Crippen LogP contribution in [-0.4, -0.2) is 34.7 Å². The third kappa shape index (κ3) is 6.07. The van der Waals surface area contributed by atoms with Crippen LogP contribution < -0.4 is 15.4 Å². The van der Waals surface area contributed by atoms with Crippen LogP contribution in [-0.2, 0) is 9.59 Å². The molecule has 0 bridgehead atoms. The summed E-state index contributed by atoms with van der Waals surface area (Å²) in [5.74, 6) is -2.39. The normalized spacial score (nSPS) is 13.2. The van der Waals surface area contributed by atoms with Gasteiger partial charge in [0.15, 0.2) is 0 Å². The summed E-state index contributed by atoms with van der Waals surface area (Å²) in [7, 11) is 0. The number of aliphatic carboxylic acids is 1. The van der Waals surface area contributed by atoms with Gasteiger partial charge in [-0.2, -0.15) is 0 Å². The molecule has 3 N–H and O–H groups in total. The number of amides is 2. The molecule has 0 heterocycles. The minimum Gasteiger partial charge on any atom is -0.481 e. The van der Waals surface area contributed by atoms with Crippen molar-refractivity contribution in [3.05, 3.63) is 66.2 Å².